The van der Waals surface area contributed by atoms with E-state index in [4.69, 9.17) is 0 Å². The van der Waals surface area contributed by atoms with E-state index < -0.39 is 0 Å². The Morgan fingerprint density at radius 3 is 2.31 bits per heavy atom. The summed E-state index contributed by atoms with van der Waals surface area (Å²) < 4.78 is 0. The monoisotopic (exact) mass is 174 g/mol. The molecule has 66 valence electrons. The van der Waals surface area contributed by atoms with Gasteiger partial charge in [0.15, 0.2) is 0 Å². The summed E-state index contributed by atoms with van der Waals surface area (Å²) in [5.74, 6) is 0. The second kappa shape index (κ2) is 2.94. The molecule has 0 spiro atoms. The molecule has 1 aromatic heterocycles. The van der Waals surface area contributed by atoms with Gasteiger partial charge in [-0.2, -0.15) is 0 Å². The molecule has 0 atom stereocenters. The molecule has 0 aliphatic rings. The average Bonchev–Trinajstić information content (AvgIpc) is 2.47. The van der Waals surface area contributed by atoms with Crippen molar-refractivity contribution in [3.8, 4) is 11.3 Å². The second-order valence-electron chi connectivity index (χ2n) is 2.95. The van der Waals surface area contributed by atoms with Crippen LogP contribution in [0, 0.1) is 6.92 Å². The number of rotatable bonds is 1. The van der Waals surface area contributed by atoms with Crippen molar-refractivity contribution in [1.82, 2.24) is 9.97 Å². The largest absolute Gasteiger partial charge is 0.323 e. The minimum Gasteiger partial charge on any atom is -0.310 e. The predicted molar refractivity (Wildman–Crippen MR) is 51.6 cm³/mol. The summed E-state index contributed by atoms with van der Waals surface area (Å²) in [5, 5.41) is 0. The number of benzene rings is 1. The van der Waals surface area contributed by atoms with Gasteiger partial charge >= 0.3 is 5.69 Å². The minimum atomic E-state index is -0.156. The van der Waals surface area contributed by atoms with Gasteiger partial charge in [-0.05, 0) is 12.5 Å². The lowest BCUT2D eigenvalue weighted by atomic mass is 10.1. The van der Waals surface area contributed by atoms with Crippen molar-refractivity contribution in [3.63, 3.8) is 0 Å². The molecular weight excluding hydrogens is 164 g/mol. The van der Waals surface area contributed by atoms with E-state index in [9.17, 15) is 4.79 Å². The molecule has 2 rings (SSSR count). The minimum absolute atomic E-state index is 0.156. The Kier molecular flexibility index (Phi) is 1.77. The van der Waals surface area contributed by atoms with Crippen molar-refractivity contribution >= 4 is 0 Å². The Hall–Kier alpha value is -1.77. The highest BCUT2D eigenvalue weighted by Crippen LogP contribution is 2.16. The van der Waals surface area contributed by atoms with Gasteiger partial charge in [-0.25, -0.2) is 4.79 Å². The smallest absolute Gasteiger partial charge is 0.310 e. The number of imidazole rings is 1. The normalized spacial score (nSPS) is 10.2. The highest BCUT2D eigenvalue weighted by atomic mass is 16.1. The van der Waals surface area contributed by atoms with E-state index in [2.05, 4.69) is 9.97 Å². The highest BCUT2D eigenvalue weighted by Gasteiger charge is 2.03. The molecule has 0 aliphatic carbocycles. The van der Waals surface area contributed by atoms with Gasteiger partial charge in [-0.1, -0.05) is 30.3 Å². The fourth-order valence-electron chi connectivity index (χ4n) is 1.36. The van der Waals surface area contributed by atoms with Crippen molar-refractivity contribution in [3.05, 3.63) is 46.5 Å². The van der Waals surface area contributed by atoms with Gasteiger partial charge in [-0.15, -0.1) is 0 Å². The number of hydrogen-bond donors (Lipinski definition) is 2. The predicted octanol–water partition coefficient (Wildman–Crippen LogP) is 1.68. The molecule has 0 amide bonds. The van der Waals surface area contributed by atoms with E-state index >= 15 is 0 Å². The van der Waals surface area contributed by atoms with Crippen LogP contribution in [-0.4, -0.2) is 9.97 Å². The summed E-state index contributed by atoms with van der Waals surface area (Å²) in [6, 6.07) is 9.77. The number of hydrogen-bond acceptors (Lipinski definition) is 1. The van der Waals surface area contributed by atoms with Gasteiger partial charge < -0.3 is 9.97 Å². The maximum absolute atomic E-state index is 11.0. The van der Waals surface area contributed by atoms with Crippen LogP contribution in [0.15, 0.2) is 35.1 Å². The first-order valence-electron chi connectivity index (χ1n) is 4.11. The Morgan fingerprint density at radius 1 is 1.08 bits per heavy atom. The lowest BCUT2D eigenvalue weighted by molar-refractivity contribution is 1.16. The standard InChI is InChI=1S/C10H10N2O/c1-7-9(12-10(13)11-7)8-5-3-2-4-6-8/h2-6H,1H3,(H2,11,12,13). The van der Waals surface area contributed by atoms with Crippen LogP contribution in [0.25, 0.3) is 11.3 Å². The molecule has 0 fully saturated rings. The maximum Gasteiger partial charge on any atom is 0.323 e. The number of aromatic amines is 2. The lowest BCUT2D eigenvalue weighted by Gasteiger charge is -1.97. The topological polar surface area (TPSA) is 48.6 Å². The molecule has 1 aromatic carbocycles. The summed E-state index contributed by atoms with van der Waals surface area (Å²) in [5.41, 5.74) is 2.61. The molecule has 0 aliphatic heterocycles. The SMILES string of the molecule is Cc1[nH]c(=O)[nH]c1-c1ccccc1. The molecule has 1 heterocycles. The van der Waals surface area contributed by atoms with Crippen LogP contribution in [0.1, 0.15) is 5.69 Å². The molecule has 0 unspecified atom stereocenters. The third kappa shape index (κ3) is 1.40. The summed E-state index contributed by atoms with van der Waals surface area (Å²) in [6.45, 7) is 1.88. The zero-order valence-corrected chi connectivity index (χ0v) is 7.29. The Labute approximate surface area is 75.4 Å². The summed E-state index contributed by atoms with van der Waals surface area (Å²) in [6.07, 6.45) is 0. The molecule has 3 nitrogen and oxygen atoms in total. The van der Waals surface area contributed by atoms with Crippen LogP contribution in [-0.2, 0) is 0 Å². The molecule has 13 heavy (non-hydrogen) atoms. The summed E-state index contributed by atoms with van der Waals surface area (Å²) in [4.78, 5) is 16.4. The lowest BCUT2D eigenvalue weighted by Crippen LogP contribution is -2.00. The van der Waals surface area contributed by atoms with Crippen LogP contribution in [0.3, 0.4) is 0 Å². The van der Waals surface area contributed by atoms with Gasteiger partial charge in [0.2, 0.25) is 0 Å². The molecule has 0 radical (unpaired) electrons. The van der Waals surface area contributed by atoms with Gasteiger partial charge in [0.25, 0.3) is 0 Å². The molecular formula is C10H10N2O. The van der Waals surface area contributed by atoms with Gasteiger partial charge in [0, 0.05) is 5.69 Å². The molecule has 2 N–H and O–H groups in total. The number of aryl methyl sites for hydroxylation is 1. The van der Waals surface area contributed by atoms with E-state index in [1.54, 1.807) is 0 Å². The second-order valence-corrected chi connectivity index (χ2v) is 2.95. The van der Waals surface area contributed by atoms with Gasteiger partial charge in [0.05, 0.1) is 5.69 Å². The van der Waals surface area contributed by atoms with Crippen LogP contribution in [0.4, 0.5) is 0 Å². The maximum atomic E-state index is 11.0. The highest BCUT2D eigenvalue weighted by molar-refractivity contribution is 5.60. The van der Waals surface area contributed by atoms with Crippen molar-refractivity contribution in [2.24, 2.45) is 0 Å². The van der Waals surface area contributed by atoms with E-state index in [0.717, 1.165) is 17.0 Å². The zero-order chi connectivity index (χ0) is 9.26. The van der Waals surface area contributed by atoms with Gasteiger partial charge in [-0.3, -0.25) is 0 Å². The average molecular weight is 174 g/mol. The summed E-state index contributed by atoms with van der Waals surface area (Å²) >= 11 is 0. The fourth-order valence-corrected chi connectivity index (χ4v) is 1.36. The van der Waals surface area contributed by atoms with Crippen LogP contribution in [0.2, 0.25) is 0 Å². The van der Waals surface area contributed by atoms with Crippen LogP contribution < -0.4 is 5.69 Å². The first kappa shape index (κ1) is 7.86. The molecule has 0 bridgehead atoms. The van der Waals surface area contributed by atoms with Crippen molar-refractivity contribution in [2.75, 3.05) is 0 Å². The van der Waals surface area contributed by atoms with Crippen molar-refractivity contribution in [1.29, 1.82) is 0 Å². The Morgan fingerprint density at radius 2 is 1.77 bits per heavy atom. The number of H-pyrrole nitrogens is 2. The third-order valence-electron chi connectivity index (χ3n) is 1.98. The molecule has 0 saturated carbocycles. The molecule has 2 aromatic rings. The molecule has 0 saturated heterocycles. The zero-order valence-electron chi connectivity index (χ0n) is 7.29. The van der Waals surface area contributed by atoms with Crippen molar-refractivity contribution in [2.45, 2.75) is 6.92 Å². The Bertz CT molecular complexity index is 453. The van der Waals surface area contributed by atoms with Crippen LogP contribution in [0.5, 0.6) is 0 Å². The van der Waals surface area contributed by atoms with E-state index in [1.165, 1.54) is 0 Å². The number of nitrogens with one attached hydrogen (secondary N) is 2. The summed E-state index contributed by atoms with van der Waals surface area (Å²) in [7, 11) is 0. The van der Waals surface area contributed by atoms with Crippen LogP contribution >= 0.6 is 0 Å². The molecule has 3 heteroatoms. The number of aromatic nitrogens is 2. The fraction of sp³-hybridized carbons (Fsp3) is 0.100. The first-order valence-corrected chi connectivity index (χ1v) is 4.11. The van der Waals surface area contributed by atoms with E-state index in [-0.39, 0.29) is 5.69 Å². The first-order chi connectivity index (χ1) is 6.27. The van der Waals surface area contributed by atoms with Gasteiger partial charge in [0.1, 0.15) is 0 Å². The Balaban J connectivity index is 2.59. The quantitative estimate of drug-likeness (QED) is 0.678. The van der Waals surface area contributed by atoms with Crippen molar-refractivity contribution < 1.29 is 0 Å². The van der Waals surface area contributed by atoms with E-state index in [1.807, 2.05) is 37.3 Å². The van der Waals surface area contributed by atoms with E-state index in [0.29, 0.717) is 0 Å². The third-order valence-corrected chi connectivity index (χ3v) is 1.98.